The summed E-state index contributed by atoms with van der Waals surface area (Å²) in [5, 5.41) is 11.8. The number of benzene rings is 1. The number of carbonyl (C=O) groups is 1. The van der Waals surface area contributed by atoms with Crippen molar-refractivity contribution in [3.05, 3.63) is 35.4 Å². The highest BCUT2D eigenvalue weighted by Crippen LogP contribution is 2.51. The highest BCUT2D eigenvalue weighted by atomic mass is 16.7. The van der Waals surface area contributed by atoms with Crippen LogP contribution in [0, 0.1) is 23.7 Å². The minimum Gasteiger partial charge on any atom is -0.458 e. The molecule has 6 atom stereocenters. The molecule has 1 N–H and O–H groups in total. The first kappa shape index (κ1) is 25.6. The fourth-order valence-electron chi connectivity index (χ4n) is 6.97. The Morgan fingerprint density at radius 2 is 1.89 bits per heavy atom. The quantitative estimate of drug-likeness (QED) is 0.472. The van der Waals surface area contributed by atoms with Gasteiger partial charge in [0.2, 0.25) is 6.79 Å². The van der Waals surface area contributed by atoms with Gasteiger partial charge in [0.15, 0.2) is 11.5 Å². The first-order chi connectivity index (χ1) is 17.2. The fourth-order valence-corrected chi connectivity index (χ4v) is 6.97. The van der Waals surface area contributed by atoms with Crippen molar-refractivity contribution in [3.63, 3.8) is 0 Å². The summed E-state index contributed by atoms with van der Waals surface area (Å²) in [5.41, 5.74) is 1.55. The second-order valence-corrected chi connectivity index (χ2v) is 11.6. The number of piperazine rings is 1. The van der Waals surface area contributed by atoms with Gasteiger partial charge in [-0.05, 0) is 60.8 Å². The van der Waals surface area contributed by atoms with Gasteiger partial charge in [-0.1, -0.05) is 26.0 Å². The Labute approximate surface area is 215 Å². The van der Waals surface area contributed by atoms with Gasteiger partial charge in [0.1, 0.15) is 6.10 Å². The molecule has 2 aliphatic heterocycles. The van der Waals surface area contributed by atoms with E-state index in [1.165, 1.54) is 12.5 Å². The lowest BCUT2D eigenvalue weighted by Crippen LogP contribution is -2.56. The molecule has 0 bridgehead atoms. The minimum atomic E-state index is -0.805. The van der Waals surface area contributed by atoms with Crippen LogP contribution >= 0.6 is 0 Å². The van der Waals surface area contributed by atoms with Crippen LogP contribution in [0.25, 0.3) is 0 Å². The lowest BCUT2D eigenvalue weighted by molar-refractivity contribution is -0.159. The molecule has 1 aromatic carbocycles. The van der Waals surface area contributed by atoms with Gasteiger partial charge >= 0.3 is 5.97 Å². The molecule has 2 fully saturated rings. The smallest absolute Gasteiger partial charge is 0.303 e. The standard InChI is InChI=1S/C29H42N2O5/c1-19-13-25-24(7-5-21(3)29(25,33)15-28(19)36-22(4)32)20(2)16-30-9-11-31(12-10-30)17-23-6-8-26-27(14-23)35-18-34-26/h6,8,13-14,20-21,24-25,28,33H,5,7,9-12,15-18H2,1-4H3/t20-,21-,24+,25-,28-,29-/m1/s1. The molecule has 2 aliphatic carbocycles. The van der Waals surface area contributed by atoms with Crippen LogP contribution in [-0.4, -0.2) is 72.1 Å². The third-order valence-corrected chi connectivity index (χ3v) is 9.18. The molecular formula is C29H42N2O5. The third-order valence-electron chi connectivity index (χ3n) is 9.18. The van der Waals surface area contributed by atoms with Crippen LogP contribution in [-0.2, 0) is 16.1 Å². The summed E-state index contributed by atoms with van der Waals surface area (Å²) in [6.45, 7) is 14.6. The van der Waals surface area contributed by atoms with Crippen LogP contribution in [0.3, 0.4) is 0 Å². The summed E-state index contributed by atoms with van der Waals surface area (Å²) < 4.78 is 16.5. The van der Waals surface area contributed by atoms with Crippen LogP contribution in [0.5, 0.6) is 11.5 Å². The largest absolute Gasteiger partial charge is 0.458 e. The van der Waals surface area contributed by atoms with Crippen molar-refractivity contribution in [2.45, 2.75) is 65.2 Å². The van der Waals surface area contributed by atoms with E-state index in [1.807, 2.05) is 13.0 Å². The van der Waals surface area contributed by atoms with Gasteiger partial charge in [0.05, 0.1) is 5.60 Å². The molecular weight excluding hydrogens is 456 g/mol. The van der Waals surface area contributed by atoms with Gasteiger partial charge in [-0.2, -0.15) is 0 Å². The van der Waals surface area contributed by atoms with Crippen LogP contribution in [0.4, 0.5) is 0 Å². The molecule has 4 aliphatic rings. The number of hydrogen-bond acceptors (Lipinski definition) is 7. The molecule has 1 saturated heterocycles. The van der Waals surface area contributed by atoms with Gasteiger partial charge in [-0.15, -0.1) is 0 Å². The van der Waals surface area contributed by atoms with E-state index >= 15 is 0 Å². The maximum atomic E-state index is 11.8. The highest BCUT2D eigenvalue weighted by molar-refractivity contribution is 5.66. The molecule has 7 nitrogen and oxygen atoms in total. The van der Waals surface area contributed by atoms with E-state index < -0.39 is 5.60 Å². The molecule has 1 aromatic rings. The van der Waals surface area contributed by atoms with Gasteiger partial charge < -0.3 is 24.2 Å². The number of carbonyl (C=O) groups excluding carboxylic acids is 1. The van der Waals surface area contributed by atoms with E-state index in [1.54, 1.807) is 0 Å². The molecule has 0 radical (unpaired) electrons. The molecule has 2 heterocycles. The zero-order valence-corrected chi connectivity index (χ0v) is 22.2. The lowest BCUT2D eigenvalue weighted by Gasteiger charge is -2.53. The van der Waals surface area contributed by atoms with Crippen molar-refractivity contribution in [2.75, 3.05) is 39.5 Å². The van der Waals surface area contributed by atoms with E-state index in [0.29, 0.717) is 25.0 Å². The number of ether oxygens (including phenoxy) is 3. The molecule has 0 aromatic heterocycles. The Balaban J connectivity index is 1.17. The average Bonchev–Trinajstić information content (AvgIpc) is 3.30. The van der Waals surface area contributed by atoms with Gasteiger partial charge in [-0.3, -0.25) is 9.69 Å². The molecule has 1 saturated carbocycles. The maximum absolute atomic E-state index is 11.8. The number of aliphatic hydroxyl groups is 1. The molecule has 36 heavy (non-hydrogen) atoms. The van der Waals surface area contributed by atoms with Gasteiger partial charge in [0.25, 0.3) is 0 Å². The molecule has 7 heteroatoms. The Kier molecular flexibility index (Phi) is 7.34. The Morgan fingerprint density at radius 3 is 2.64 bits per heavy atom. The summed E-state index contributed by atoms with van der Waals surface area (Å²) >= 11 is 0. The van der Waals surface area contributed by atoms with Crippen molar-refractivity contribution in [1.29, 1.82) is 0 Å². The van der Waals surface area contributed by atoms with Crippen LogP contribution < -0.4 is 9.47 Å². The fraction of sp³-hybridized carbons (Fsp3) is 0.690. The monoisotopic (exact) mass is 498 g/mol. The van der Waals surface area contributed by atoms with E-state index in [9.17, 15) is 9.90 Å². The maximum Gasteiger partial charge on any atom is 0.303 e. The van der Waals surface area contributed by atoms with E-state index in [-0.39, 0.29) is 23.9 Å². The molecule has 5 rings (SSSR count). The SMILES string of the molecule is CC(=O)O[C@@H]1C[C@@]2(O)[C@H](C)CC[C@@H]([C@H](C)CN3CCN(Cc4ccc5c(c4)OCO5)CC3)[C@H]2C=C1C. The molecule has 0 spiro atoms. The third kappa shape index (κ3) is 5.15. The summed E-state index contributed by atoms with van der Waals surface area (Å²) in [7, 11) is 0. The van der Waals surface area contributed by atoms with Crippen LogP contribution in [0.15, 0.2) is 29.8 Å². The van der Waals surface area contributed by atoms with Crippen LogP contribution in [0.2, 0.25) is 0 Å². The Hall–Kier alpha value is -2.09. The van der Waals surface area contributed by atoms with E-state index in [0.717, 1.165) is 69.2 Å². The number of fused-ring (bicyclic) bond motifs is 2. The topological polar surface area (TPSA) is 71.5 Å². The van der Waals surface area contributed by atoms with Crippen molar-refractivity contribution in [2.24, 2.45) is 23.7 Å². The first-order valence-corrected chi connectivity index (χ1v) is 13.6. The average molecular weight is 499 g/mol. The first-order valence-electron chi connectivity index (χ1n) is 13.6. The molecule has 0 unspecified atom stereocenters. The normalized spacial score (nSPS) is 33.5. The zero-order chi connectivity index (χ0) is 25.4. The molecule has 198 valence electrons. The van der Waals surface area contributed by atoms with Gasteiger partial charge in [-0.25, -0.2) is 0 Å². The minimum absolute atomic E-state index is 0.121. The Bertz CT molecular complexity index is 988. The summed E-state index contributed by atoms with van der Waals surface area (Å²) in [5.74, 6) is 2.67. The van der Waals surface area contributed by atoms with Crippen molar-refractivity contribution < 1.29 is 24.1 Å². The summed E-state index contributed by atoms with van der Waals surface area (Å²) in [4.78, 5) is 16.7. The van der Waals surface area contributed by atoms with Crippen molar-refractivity contribution in [3.8, 4) is 11.5 Å². The van der Waals surface area contributed by atoms with Crippen LogP contribution in [0.1, 0.15) is 52.5 Å². The Morgan fingerprint density at radius 1 is 1.17 bits per heavy atom. The summed E-state index contributed by atoms with van der Waals surface area (Å²) in [6, 6.07) is 6.25. The van der Waals surface area contributed by atoms with Gasteiger partial charge in [0, 0.05) is 58.5 Å². The van der Waals surface area contributed by atoms with E-state index in [4.69, 9.17) is 14.2 Å². The number of nitrogens with zero attached hydrogens (tertiary/aromatic N) is 2. The van der Waals surface area contributed by atoms with Crippen molar-refractivity contribution >= 4 is 5.97 Å². The highest BCUT2D eigenvalue weighted by Gasteiger charge is 2.52. The number of hydrogen-bond donors (Lipinski definition) is 1. The van der Waals surface area contributed by atoms with Crippen molar-refractivity contribution in [1.82, 2.24) is 9.80 Å². The lowest BCUT2D eigenvalue weighted by atomic mass is 9.57. The second-order valence-electron chi connectivity index (χ2n) is 11.6. The predicted octanol–water partition coefficient (Wildman–Crippen LogP) is 3.84. The number of esters is 1. The number of rotatable bonds is 6. The summed E-state index contributed by atoms with van der Waals surface area (Å²) in [6.07, 6.45) is 4.60. The molecule has 0 amide bonds. The van der Waals surface area contributed by atoms with E-state index in [2.05, 4.69) is 41.9 Å². The zero-order valence-electron chi connectivity index (χ0n) is 22.2. The predicted molar refractivity (Wildman–Crippen MR) is 138 cm³/mol. The second kappa shape index (κ2) is 10.3.